The molecule has 0 saturated heterocycles. The van der Waals surface area contributed by atoms with Crippen LogP contribution in [0.15, 0.2) is 42.5 Å². The molecular formula is C15H15ClFNO. The van der Waals surface area contributed by atoms with Gasteiger partial charge in [-0.25, -0.2) is 4.39 Å². The Morgan fingerprint density at radius 1 is 1.16 bits per heavy atom. The van der Waals surface area contributed by atoms with E-state index in [1.807, 2.05) is 0 Å². The van der Waals surface area contributed by atoms with Crippen molar-refractivity contribution < 1.29 is 9.13 Å². The molecule has 0 radical (unpaired) electrons. The van der Waals surface area contributed by atoms with E-state index in [9.17, 15) is 4.39 Å². The maximum absolute atomic E-state index is 14.1. The number of hydrogen-bond donors (Lipinski definition) is 1. The van der Waals surface area contributed by atoms with Crippen LogP contribution >= 0.6 is 11.6 Å². The fourth-order valence-electron chi connectivity index (χ4n) is 2.00. The van der Waals surface area contributed by atoms with Gasteiger partial charge in [0.15, 0.2) is 0 Å². The number of methoxy groups -OCH3 is 1. The van der Waals surface area contributed by atoms with Crippen LogP contribution in [-0.2, 0) is 5.54 Å². The van der Waals surface area contributed by atoms with Gasteiger partial charge in [-0.1, -0.05) is 29.8 Å². The lowest BCUT2D eigenvalue weighted by Crippen LogP contribution is -2.35. The van der Waals surface area contributed by atoms with Gasteiger partial charge >= 0.3 is 0 Å². The van der Waals surface area contributed by atoms with Gasteiger partial charge in [-0.15, -0.1) is 0 Å². The second-order valence-electron chi connectivity index (χ2n) is 4.56. The summed E-state index contributed by atoms with van der Waals surface area (Å²) in [5.41, 5.74) is 6.55. The van der Waals surface area contributed by atoms with Crippen LogP contribution in [0, 0.1) is 5.82 Å². The zero-order chi connectivity index (χ0) is 14.0. The maximum atomic E-state index is 14.1. The number of rotatable bonds is 3. The van der Waals surface area contributed by atoms with Gasteiger partial charge in [-0.2, -0.15) is 0 Å². The molecule has 0 bridgehead atoms. The van der Waals surface area contributed by atoms with E-state index >= 15 is 0 Å². The van der Waals surface area contributed by atoms with Crippen LogP contribution in [0.2, 0.25) is 5.02 Å². The number of ether oxygens (including phenoxy) is 1. The van der Waals surface area contributed by atoms with Crippen molar-refractivity contribution in [3.05, 3.63) is 64.4 Å². The van der Waals surface area contributed by atoms with Gasteiger partial charge < -0.3 is 10.5 Å². The molecule has 1 unspecified atom stereocenters. The number of hydrogen-bond acceptors (Lipinski definition) is 2. The molecule has 2 N–H and O–H groups in total. The first-order valence-electron chi connectivity index (χ1n) is 5.84. The van der Waals surface area contributed by atoms with Crippen LogP contribution in [0.4, 0.5) is 4.39 Å². The van der Waals surface area contributed by atoms with E-state index in [2.05, 4.69) is 0 Å². The molecule has 2 aromatic rings. The van der Waals surface area contributed by atoms with E-state index in [1.165, 1.54) is 13.2 Å². The summed E-state index contributed by atoms with van der Waals surface area (Å²) in [6.45, 7) is 1.77. The van der Waals surface area contributed by atoms with Gasteiger partial charge in [-0.3, -0.25) is 0 Å². The average molecular weight is 280 g/mol. The summed E-state index contributed by atoms with van der Waals surface area (Å²) < 4.78 is 19.1. The van der Waals surface area contributed by atoms with Gasteiger partial charge in [0.1, 0.15) is 11.6 Å². The molecule has 2 aromatic carbocycles. The molecule has 0 spiro atoms. The predicted molar refractivity (Wildman–Crippen MR) is 75.0 cm³/mol. The molecule has 1 atom stereocenters. The van der Waals surface area contributed by atoms with Crippen LogP contribution in [0.5, 0.6) is 5.75 Å². The minimum atomic E-state index is -0.930. The molecule has 2 rings (SSSR count). The van der Waals surface area contributed by atoms with E-state index < -0.39 is 5.54 Å². The zero-order valence-electron chi connectivity index (χ0n) is 10.8. The Morgan fingerprint density at radius 2 is 1.79 bits per heavy atom. The van der Waals surface area contributed by atoms with Crippen LogP contribution in [0.25, 0.3) is 0 Å². The largest absolute Gasteiger partial charge is 0.497 e. The van der Waals surface area contributed by atoms with Crippen molar-refractivity contribution in [2.24, 2.45) is 5.73 Å². The fourth-order valence-corrected chi connectivity index (χ4v) is 2.12. The summed E-state index contributed by atoms with van der Waals surface area (Å²) in [5.74, 6) is 0.0763. The van der Waals surface area contributed by atoms with Crippen LogP contribution in [0.1, 0.15) is 18.1 Å². The first-order valence-corrected chi connectivity index (χ1v) is 6.22. The molecule has 2 nitrogen and oxygen atoms in total. The molecule has 0 aliphatic rings. The summed E-state index contributed by atoms with van der Waals surface area (Å²) in [4.78, 5) is 0. The monoisotopic (exact) mass is 279 g/mol. The molecule has 0 amide bonds. The van der Waals surface area contributed by atoms with E-state index in [0.29, 0.717) is 16.3 Å². The van der Waals surface area contributed by atoms with Crippen molar-refractivity contribution in [3.63, 3.8) is 0 Å². The van der Waals surface area contributed by atoms with Crippen molar-refractivity contribution in [2.75, 3.05) is 7.11 Å². The van der Waals surface area contributed by atoms with Crippen LogP contribution < -0.4 is 10.5 Å². The summed E-state index contributed by atoms with van der Waals surface area (Å²) in [6, 6.07) is 11.7. The molecule has 0 heterocycles. The second kappa shape index (κ2) is 5.19. The zero-order valence-corrected chi connectivity index (χ0v) is 11.5. The Hall–Kier alpha value is -1.58. The molecular weight excluding hydrogens is 265 g/mol. The molecule has 19 heavy (non-hydrogen) atoms. The van der Waals surface area contributed by atoms with Crippen LogP contribution in [-0.4, -0.2) is 7.11 Å². The van der Waals surface area contributed by atoms with Gasteiger partial charge in [0.05, 0.1) is 12.6 Å². The van der Waals surface area contributed by atoms with E-state index in [0.717, 1.165) is 5.56 Å². The molecule has 0 fully saturated rings. The molecule has 100 valence electrons. The first kappa shape index (κ1) is 13.8. The third kappa shape index (κ3) is 2.72. The van der Waals surface area contributed by atoms with Crippen molar-refractivity contribution >= 4 is 11.6 Å². The first-order chi connectivity index (χ1) is 8.95. The summed E-state index contributed by atoms with van der Waals surface area (Å²) in [5, 5.41) is 0.620. The Morgan fingerprint density at radius 3 is 2.32 bits per heavy atom. The highest BCUT2D eigenvalue weighted by atomic mass is 35.5. The quantitative estimate of drug-likeness (QED) is 0.929. The third-order valence-corrected chi connectivity index (χ3v) is 3.43. The van der Waals surface area contributed by atoms with Gasteiger partial charge in [0.25, 0.3) is 0 Å². The lowest BCUT2D eigenvalue weighted by atomic mass is 9.85. The van der Waals surface area contributed by atoms with E-state index in [-0.39, 0.29) is 5.82 Å². The summed E-state index contributed by atoms with van der Waals surface area (Å²) >= 11 is 5.85. The molecule has 0 aliphatic carbocycles. The smallest absolute Gasteiger partial charge is 0.132 e. The Bertz CT molecular complexity index is 581. The van der Waals surface area contributed by atoms with E-state index in [4.69, 9.17) is 22.1 Å². The van der Waals surface area contributed by atoms with Gasteiger partial charge in [-0.05, 0) is 30.7 Å². The predicted octanol–water partition coefficient (Wildman–Crippen LogP) is 3.71. The number of benzene rings is 2. The lowest BCUT2D eigenvalue weighted by Gasteiger charge is -2.26. The molecule has 4 heteroatoms. The normalized spacial score (nSPS) is 13.9. The highest BCUT2D eigenvalue weighted by Crippen LogP contribution is 2.31. The Balaban J connectivity index is 2.46. The maximum Gasteiger partial charge on any atom is 0.132 e. The van der Waals surface area contributed by atoms with Crippen molar-refractivity contribution in [1.29, 1.82) is 0 Å². The lowest BCUT2D eigenvalue weighted by molar-refractivity contribution is 0.409. The minimum Gasteiger partial charge on any atom is -0.497 e. The molecule has 0 aliphatic heterocycles. The van der Waals surface area contributed by atoms with Crippen molar-refractivity contribution in [1.82, 2.24) is 0 Å². The fraction of sp³-hybridized carbons (Fsp3) is 0.200. The highest BCUT2D eigenvalue weighted by molar-refractivity contribution is 6.30. The summed E-state index contributed by atoms with van der Waals surface area (Å²) in [6.07, 6.45) is 0. The Labute approximate surface area is 117 Å². The van der Waals surface area contributed by atoms with Crippen molar-refractivity contribution in [2.45, 2.75) is 12.5 Å². The number of nitrogens with two attached hydrogens (primary N) is 1. The topological polar surface area (TPSA) is 35.2 Å². The SMILES string of the molecule is COc1ccc(C(C)(N)c2ccc(Cl)cc2)c(F)c1. The van der Waals surface area contributed by atoms with Gasteiger partial charge in [0.2, 0.25) is 0 Å². The standard InChI is InChI=1S/C15H15ClFNO/c1-15(18,10-3-5-11(16)6-4-10)13-8-7-12(19-2)9-14(13)17/h3-9H,18H2,1-2H3. The van der Waals surface area contributed by atoms with Gasteiger partial charge in [0, 0.05) is 16.7 Å². The highest BCUT2D eigenvalue weighted by Gasteiger charge is 2.27. The Kier molecular flexibility index (Phi) is 3.78. The second-order valence-corrected chi connectivity index (χ2v) is 4.99. The molecule has 0 saturated carbocycles. The molecule has 0 aromatic heterocycles. The summed E-state index contributed by atoms with van der Waals surface area (Å²) in [7, 11) is 1.50. The average Bonchev–Trinajstić information content (AvgIpc) is 2.38. The minimum absolute atomic E-state index is 0.390. The van der Waals surface area contributed by atoms with Crippen LogP contribution in [0.3, 0.4) is 0 Å². The van der Waals surface area contributed by atoms with Crippen molar-refractivity contribution in [3.8, 4) is 5.75 Å². The number of halogens is 2. The van der Waals surface area contributed by atoms with E-state index in [1.54, 1.807) is 43.3 Å². The third-order valence-electron chi connectivity index (χ3n) is 3.18.